The lowest BCUT2D eigenvalue weighted by molar-refractivity contribution is -0.126. The highest BCUT2D eigenvalue weighted by atomic mass is 127. The molecule has 0 heterocycles. The van der Waals surface area contributed by atoms with Crippen molar-refractivity contribution in [1.29, 1.82) is 0 Å². The maximum atomic E-state index is 12.0. The summed E-state index contributed by atoms with van der Waals surface area (Å²) in [6.45, 7) is 6.34. The lowest BCUT2D eigenvalue weighted by Crippen LogP contribution is -2.24. The zero-order valence-electron chi connectivity index (χ0n) is 16.8. The van der Waals surface area contributed by atoms with Crippen molar-refractivity contribution in [2.75, 3.05) is 19.0 Å². The molecule has 29 heavy (non-hydrogen) atoms. The quantitative estimate of drug-likeness (QED) is 0.245. The van der Waals surface area contributed by atoms with Gasteiger partial charge in [0, 0.05) is 5.69 Å². The van der Waals surface area contributed by atoms with Gasteiger partial charge in [-0.25, -0.2) is 5.43 Å². The van der Waals surface area contributed by atoms with Gasteiger partial charge in [-0.3, -0.25) is 9.59 Å². The van der Waals surface area contributed by atoms with E-state index in [4.69, 9.17) is 9.47 Å². The molecule has 2 aromatic carbocycles. The van der Waals surface area contributed by atoms with Crippen LogP contribution in [0.2, 0.25) is 0 Å². The number of carbonyl (C=O) groups is 2. The smallest absolute Gasteiger partial charge is 0.249 e. The van der Waals surface area contributed by atoms with Crippen molar-refractivity contribution in [1.82, 2.24) is 5.43 Å². The van der Waals surface area contributed by atoms with Crippen LogP contribution in [-0.2, 0) is 9.59 Å². The molecule has 0 radical (unpaired) electrons. The number of methoxy groups -OCH3 is 1. The van der Waals surface area contributed by atoms with Crippen molar-refractivity contribution in [3.63, 3.8) is 0 Å². The predicted octanol–water partition coefficient (Wildman–Crippen LogP) is 3.79. The van der Waals surface area contributed by atoms with Crippen molar-refractivity contribution in [3.05, 3.63) is 50.6 Å². The number of hydrogen-bond acceptors (Lipinski definition) is 5. The molecule has 0 aliphatic carbocycles. The molecular weight excluding hydrogens is 485 g/mol. The summed E-state index contributed by atoms with van der Waals surface area (Å²) in [6, 6.07) is 9.21. The Hall–Kier alpha value is -2.62. The Bertz CT molecular complexity index is 928. The van der Waals surface area contributed by atoms with Crippen molar-refractivity contribution in [3.8, 4) is 11.5 Å². The summed E-state index contributed by atoms with van der Waals surface area (Å²) in [5, 5.41) is 6.63. The van der Waals surface area contributed by atoms with Crippen molar-refractivity contribution in [2.45, 2.75) is 27.2 Å². The molecular formula is C21H24IN3O4. The largest absolute Gasteiger partial charge is 0.492 e. The van der Waals surface area contributed by atoms with Gasteiger partial charge in [-0.2, -0.15) is 5.10 Å². The number of carbonyl (C=O) groups excluding carboxylic acids is 2. The minimum absolute atomic E-state index is 0.325. The molecule has 0 unspecified atom stereocenters. The monoisotopic (exact) mass is 509 g/mol. The molecule has 0 saturated carbocycles. The van der Waals surface area contributed by atoms with Gasteiger partial charge >= 0.3 is 0 Å². The van der Waals surface area contributed by atoms with E-state index < -0.39 is 11.8 Å². The van der Waals surface area contributed by atoms with Gasteiger partial charge in [0.05, 0.1) is 23.5 Å². The van der Waals surface area contributed by atoms with Gasteiger partial charge < -0.3 is 14.8 Å². The number of hydrogen-bond donors (Lipinski definition) is 2. The fourth-order valence-corrected chi connectivity index (χ4v) is 3.36. The molecule has 0 aliphatic heterocycles. The highest BCUT2D eigenvalue weighted by Crippen LogP contribution is 2.33. The Morgan fingerprint density at radius 3 is 2.55 bits per heavy atom. The van der Waals surface area contributed by atoms with Crippen LogP contribution < -0.4 is 20.2 Å². The van der Waals surface area contributed by atoms with Crippen LogP contribution in [0.5, 0.6) is 11.5 Å². The summed E-state index contributed by atoms with van der Waals surface area (Å²) < 4.78 is 11.8. The molecule has 0 bridgehead atoms. The molecule has 0 fully saturated rings. The highest BCUT2D eigenvalue weighted by Gasteiger charge is 2.11. The molecule has 2 amide bonds. The van der Waals surface area contributed by atoms with E-state index in [9.17, 15) is 9.59 Å². The lowest BCUT2D eigenvalue weighted by atomic mass is 10.1. The van der Waals surface area contributed by atoms with Gasteiger partial charge in [0.2, 0.25) is 11.8 Å². The summed E-state index contributed by atoms with van der Waals surface area (Å²) >= 11 is 2.14. The minimum Gasteiger partial charge on any atom is -0.492 e. The Labute approximate surface area is 184 Å². The summed E-state index contributed by atoms with van der Waals surface area (Å²) in [5.74, 6) is 0.341. The molecule has 2 aromatic rings. The molecule has 0 atom stereocenters. The topological polar surface area (TPSA) is 89.0 Å². The highest BCUT2D eigenvalue weighted by molar-refractivity contribution is 14.1. The number of hydrazone groups is 1. The zero-order valence-corrected chi connectivity index (χ0v) is 19.0. The van der Waals surface area contributed by atoms with Crippen molar-refractivity contribution in [2.24, 2.45) is 5.10 Å². The Balaban J connectivity index is 1.93. The van der Waals surface area contributed by atoms with Crippen LogP contribution in [0.15, 0.2) is 35.4 Å². The van der Waals surface area contributed by atoms with Gasteiger partial charge in [0.15, 0.2) is 11.5 Å². The van der Waals surface area contributed by atoms with Crippen molar-refractivity contribution >= 4 is 46.3 Å². The first kappa shape index (κ1) is 22.7. The maximum Gasteiger partial charge on any atom is 0.249 e. The average Bonchev–Trinajstić information content (AvgIpc) is 2.65. The van der Waals surface area contributed by atoms with Crippen LogP contribution in [0, 0.1) is 17.4 Å². The van der Waals surface area contributed by atoms with Gasteiger partial charge in [0.1, 0.15) is 6.42 Å². The Morgan fingerprint density at radius 2 is 1.90 bits per heavy atom. The second-order valence-electron chi connectivity index (χ2n) is 6.28. The fourth-order valence-electron chi connectivity index (χ4n) is 2.51. The molecule has 2 N–H and O–H groups in total. The third-order valence-electron chi connectivity index (χ3n) is 4.05. The van der Waals surface area contributed by atoms with Gasteiger partial charge in [-0.05, 0) is 84.3 Å². The molecule has 0 spiro atoms. The zero-order chi connectivity index (χ0) is 21.4. The van der Waals surface area contributed by atoms with Crippen LogP contribution in [0.4, 0.5) is 5.69 Å². The Kier molecular flexibility index (Phi) is 8.44. The number of halogens is 1. The van der Waals surface area contributed by atoms with E-state index in [2.05, 4.69) is 38.4 Å². The summed E-state index contributed by atoms with van der Waals surface area (Å²) in [7, 11) is 1.58. The standard InChI is InChI=1S/C21H24IN3O4/c1-5-29-18-10-15(9-17(22)21(18)28-4)12-23-25-20(27)11-19(26)24-16-7-6-13(2)14(3)8-16/h6-10,12H,5,11H2,1-4H3,(H,24,26)(H,25,27). The van der Waals surface area contributed by atoms with Crippen LogP contribution >= 0.6 is 22.6 Å². The molecule has 2 rings (SSSR count). The van der Waals surface area contributed by atoms with Crippen LogP contribution in [0.25, 0.3) is 0 Å². The molecule has 8 heteroatoms. The van der Waals surface area contributed by atoms with E-state index in [1.165, 1.54) is 6.21 Å². The summed E-state index contributed by atoms with van der Waals surface area (Å²) in [6.07, 6.45) is 1.16. The maximum absolute atomic E-state index is 12.0. The SMILES string of the molecule is CCOc1cc(C=NNC(=O)CC(=O)Nc2ccc(C)c(C)c2)cc(I)c1OC. The average molecular weight is 509 g/mol. The van der Waals surface area contributed by atoms with E-state index in [0.717, 1.165) is 20.3 Å². The van der Waals surface area contributed by atoms with E-state index >= 15 is 0 Å². The fraction of sp³-hybridized carbons (Fsp3) is 0.286. The van der Waals surface area contributed by atoms with Crippen LogP contribution in [-0.4, -0.2) is 31.7 Å². The first-order valence-corrected chi connectivity index (χ1v) is 10.1. The van der Waals surface area contributed by atoms with Crippen LogP contribution in [0.3, 0.4) is 0 Å². The number of nitrogens with zero attached hydrogens (tertiary/aromatic N) is 1. The number of benzene rings is 2. The van der Waals surface area contributed by atoms with Crippen molar-refractivity contribution < 1.29 is 19.1 Å². The van der Waals surface area contributed by atoms with E-state index in [0.29, 0.717) is 23.8 Å². The van der Waals surface area contributed by atoms with Gasteiger partial charge in [-0.1, -0.05) is 6.07 Å². The number of amides is 2. The summed E-state index contributed by atoms with van der Waals surface area (Å²) in [5.41, 5.74) is 5.96. The third kappa shape index (κ3) is 6.74. The van der Waals surface area contributed by atoms with E-state index in [1.807, 2.05) is 39.0 Å². The Morgan fingerprint density at radius 1 is 1.14 bits per heavy atom. The molecule has 0 aromatic heterocycles. The second kappa shape index (κ2) is 10.8. The third-order valence-corrected chi connectivity index (χ3v) is 4.85. The number of rotatable bonds is 8. The van der Waals surface area contributed by atoms with Gasteiger partial charge in [-0.15, -0.1) is 0 Å². The summed E-state index contributed by atoms with van der Waals surface area (Å²) in [4.78, 5) is 24.0. The molecule has 0 aliphatic rings. The number of nitrogens with one attached hydrogen (secondary N) is 2. The van der Waals surface area contributed by atoms with Crippen LogP contribution in [0.1, 0.15) is 30.0 Å². The molecule has 7 nitrogen and oxygen atoms in total. The van der Waals surface area contributed by atoms with Gasteiger partial charge in [0.25, 0.3) is 0 Å². The minimum atomic E-state index is -0.504. The van der Waals surface area contributed by atoms with E-state index in [1.54, 1.807) is 19.2 Å². The first-order chi connectivity index (χ1) is 13.8. The number of anilines is 1. The van der Waals surface area contributed by atoms with E-state index in [-0.39, 0.29) is 6.42 Å². The molecule has 154 valence electrons. The first-order valence-electron chi connectivity index (χ1n) is 9.03. The number of aryl methyl sites for hydroxylation is 2. The normalized spacial score (nSPS) is 10.7. The second-order valence-corrected chi connectivity index (χ2v) is 7.45. The predicted molar refractivity (Wildman–Crippen MR) is 122 cm³/mol. The lowest BCUT2D eigenvalue weighted by Gasteiger charge is -2.11. The molecule has 0 saturated heterocycles. The number of ether oxygens (including phenoxy) is 2.